The van der Waals surface area contributed by atoms with Gasteiger partial charge < -0.3 is 10.1 Å². The summed E-state index contributed by atoms with van der Waals surface area (Å²) in [5.41, 5.74) is 1.18. The fourth-order valence-corrected chi connectivity index (χ4v) is 3.11. The molecule has 130 valence electrons. The molecule has 2 rings (SSSR count). The molecule has 1 saturated heterocycles. The summed E-state index contributed by atoms with van der Waals surface area (Å²) in [5, 5.41) is 3.44. The Morgan fingerprint density at radius 1 is 1.39 bits per heavy atom. The molecular weight excluding hydrogens is 312 g/mol. The van der Waals surface area contributed by atoms with Crippen molar-refractivity contribution in [1.29, 1.82) is 0 Å². The standard InChI is InChI=1S/C18H28N2O2.ClH/c1-3-22-18(21)17(12-15-8-5-4-6-9-15)20(2)14-16-10-7-11-19-13-16;/h4-6,8-9,16-17,19H,3,7,10-14H2,1-2H3;1H. The summed E-state index contributed by atoms with van der Waals surface area (Å²) in [6, 6.07) is 9.97. The molecule has 0 saturated carbocycles. The quantitative estimate of drug-likeness (QED) is 0.774. The maximum absolute atomic E-state index is 12.4. The Balaban J connectivity index is 0.00000264. The van der Waals surface area contributed by atoms with Gasteiger partial charge in [-0.3, -0.25) is 9.69 Å². The van der Waals surface area contributed by atoms with Crippen molar-refractivity contribution in [2.45, 2.75) is 32.2 Å². The lowest BCUT2D eigenvalue weighted by atomic mass is 9.97. The van der Waals surface area contributed by atoms with Crippen LogP contribution in [0.4, 0.5) is 0 Å². The highest BCUT2D eigenvalue weighted by atomic mass is 35.5. The first-order valence-electron chi connectivity index (χ1n) is 8.32. The molecule has 0 bridgehead atoms. The van der Waals surface area contributed by atoms with E-state index in [-0.39, 0.29) is 24.4 Å². The second-order valence-corrected chi connectivity index (χ2v) is 6.11. The van der Waals surface area contributed by atoms with Crippen LogP contribution in [-0.2, 0) is 16.0 Å². The summed E-state index contributed by atoms with van der Waals surface area (Å²) >= 11 is 0. The van der Waals surface area contributed by atoms with E-state index in [9.17, 15) is 4.79 Å². The Morgan fingerprint density at radius 3 is 2.74 bits per heavy atom. The monoisotopic (exact) mass is 340 g/mol. The maximum Gasteiger partial charge on any atom is 0.323 e. The normalized spacial score (nSPS) is 19.0. The van der Waals surface area contributed by atoms with Crippen molar-refractivity contribution in [1.82, 2.24) is 10.2 Å². The third-order valence-corrected chi connectivity index (χ3v) is 4.31. The molecular formula is C18H29ClN2O2. The van der Waals surface area contributed by atoms with Gasteiger partial charge in [-0.1, -0.05) is 30.3 Å². The van der Waals surface area contributed by atoms with Crippen molar-refractivity contribution in [2.24, 2.45) is 5.92 Å². The van der Waals surface area contributed by atoms with Gasteiger partial charge in [-0.2, -0.15) is 0 Å². The van der Waals surface area contributed by atoms with Crippen molar-refractivity contribution < 1.29 is 9.53 Å². The van der Waals surface area contributed by atoms with Gasteiger partial charge in [0, 0.05) is 6.54 Å². The number of carbonyl (C=O) groups is 1. The van der Waals surface area contributed by atoms with E-state index in [0.29, 0.717) is 18.9 Å². The van der Waals surface area contributed by atoms with Gasteiger partial charge >= 0.3 is 5.97 Å². The van der Waals surface area contributed by atoms with E-state index in [4.69, 9.17) is 4.74 Å². The van der Waals surface area contributed by atoms with E-state index in [1.54, 1.807) is 0 Å². The summed E-state index contributed by atoms with van der Waals surface area (Å²) in [7, 11) is 2.04. The predicted molar refractivity (Wildman–Crippen MR) is 96.0 cm³/mol. The van der Waals surface area contributed by atoms with Crippen LogP contribution in [-0.4, -0.2) is 50.2 Å². The number of likely N-dealkylation sites (N-methyl/N-ethyl adjacent to an activating group) is 1. The number of hydrogen-bond donors (Lipinski definition) is 1. The van der Waals surface area contributed by atoms with Gasteiger partial charge in [-0.05, 0) is 57.8 Å². The molecule has 1 fully saturated rings. The van der Waals surface area contributed by atoms with E-state index >= 15 is 0 Å². The van der Waals surface area contributed by atoms with Gasteiger partial charge in [0.2, 0.25) is 0 Å². The molecule has 1 aromatic rings. The van der Waals surface area contributed by atoms with Crippen LogP contribution in [0.3, 0.4) is 0 Å². The van der Waals surface area contributed by atoms with E-state index in [2.05, 4.69) is 22.3 Å². The van der Waals surface area contributed by atoms with Gasteiger partial charge in [0.1, 0.15) is 6.04 Å². The van der Waals surface area contributed by atoms with Crippen LogP contribution in [0.5, 0.6) is 0 Å². The smallest absolute Gasteiger partial charge is 0.323 e. The Bertz CT molecular complexity index is 450. The number of esters is 1. The van der Waals surface area contributed by atoms with E-state index in [1.165, 1.54) is 18.4 Å². The third-order valence-electron chi connectivity index (χ3n) is 4.31. The number of hydrogen-bond acceptors (Lipinski definition) is 4. The zero-order valence-electron chi connectivity index (χ0n) is 14.2. The molecule has 23 heavy (non-hydrogen) atoms. The average molecular weight is 341 g/mol. The van der Waals surface area contributed by atoms with Crippen LogP contribution in [0, 0.1) is 5.92 Å². The number of piperidine rings is 1. The molecule has 0 amide bonds. The summed E-state index contributed by atoms with van der Waals surface area (Å²) in [5.74, 6) is 0.504. The fourth-order valence-electron chi connectivity index (χ4n) is 3.11. The lowest BCUT2D eigenvalue weighted by molar-refractivity contribution is -0.149. The predicted octanol–water partition coefficient (Wildman–Crippen LogP) is 2.51. The number of nitrogens with one attached hydrogen (secondary N) is 1. The number of carbonyl (C=O) groups excluding carboxylic acids is 1. The Morgan fingerprint density at radius 2 is 2.13 bits per heavy atom. The van der Waals surface area contributed by atoms with Crippen molar-refractivity contribution in [3.05, 3.63) is 35.9 Å². The van der Waals surface area contributed by atoms with Gasteiger partial charge in [-0.15, -0.1) is 12.4 Å². The second-order valence-electron chi connectivity index (χ2n) is 6.11. The Hall–Kier alpha value is -1.10. The van der Waals surface area contributed by atoms with E-state index in [1.807, 2.05) is 32.2 Å². The summed E-state index contributed by atoms with van der Waals surface area (Å²) in [6.07, 6.45) is 3.16. The number of rotatable bonds is 7. The van der Waals surface area contributed by atoms with Crippen LogP contribution in [0.25, 0.3) is 0 Å². The molecule has 2 unspecified atom stereocenters. The second kappa shape index (κ2) is 10.6. The summed E-state index contributed by atoms with van der Waals surface area (Å²) < 4.78 is 5.29. The first-order chi connectivity index (χ1) is 10.7. The molecule has 1 heterocycles. The van der Waals surface area contributed by atoms with Crippen LogP contribution in [0.2, 0.25) is 0 Å². The van der Waals surface area contributed by atoms with Crippen LogP contribution >= 0.6 is 12.4 Å². The van der Waals surface area contributed by atoms with Crippen molar-refractivity contribution in [3.63, 3.8) is 0 Å². The lowest BCUT2D eigenvalue weighted by Crippen LogP contribution is -2.46. The van der Waals surface area contributed by atoms with Crippen LogP contribution in [0.1, 0.15) is 25.3 Å². The SMILES string of the molecule is CCOC(=O)C(Cc1ccccc1)N(C)CC1CCCNC1.Cl. The molecule has 1 aromatic carbocycles. The van der Waals surface area contributed by atoms with Gasteiger partial charge in [-0.25, -0.2) is 0 Å². The third kappa shape index (κ3) is 6.50. The van der Waals surface area contributed by atoms with Crippen molar-refractivity contribution in [3.8, 4) is 0 Å². The molecule has 1 N–H and O–H groups in total. The van der Waals surface area contributed by atoms with Crippen molar-refractivity contribution in [2.75, 3.05) is 33.3 Å². The highest BCUT2D eigenvalue weighted by Crippen LogP contribution is 2.15. The highest BCUT2D eigenvalue weighted by molar-refractivity contribution is 5.85. The molecule has 2 atom stereocenters. The molecule has 1 aliphatic rings. The first kappa shape index (κ1) is 19.9. The van der Waals surface area contributed by atoms with E-state index < -0.39 is 0 Å². The minimum atomic E-state index is -0.204. The largest absolute Gasteiger partial charge is 0.465 e. The number of benzene rings is 1. The molecule has 4 nitrogen and oxygen atoms in total. The van der Waals surface area contributed by atoms with Crippen molar-refractivity contribution >= 4 is 18.4 Å². The topological polar surface area (TPSA) is 41.6 Å². The van der Waals surface area contributed by atoms with Crippen LogP contribution in [0.15, 0.2) is 30.3 Å². The molecule has 5 heteroatoms. The molecule has 0 aliphatic carbocycles. The number of halogens is 1. The van der Waals surface area contributed by atoms with Gasteiger partial charge in [0.05, 0.1) is 6.61 Å². The molecule has 0 spiro atoms. The maximum atomic E-state index is 12.4. The molecule has 1 aliphatic heterocycles. The number of ether oxygens (including phenoxy) is 1. The van der Waals surface area contributed by atoms with Crippen LogP contribution < -0.4 is 5.32 Å². The highest BCUT2D eigenvalue weighted by Gasteiger charge is 2.27. The van der Waals surface area contributed by atoms with Gasteiger partial charge in [0.15, 0.2) is 0 Å². The van der Waals surface area contributed by atoms with E-state index in [0.717, 1.165) is 19.6 Å². The average Bonchev–Trinajstić information content (AvgIpc) is 2.54. The lowest BCUT2D eigenvalue weighted by Gasteiger charge is -2.32. The Kier molecular flexibility index (Phi) is 9.22. The van der Waals surface area contributed by atoms with Gasteiger partial charge in [0.25, 0.3) is 0 Å². The molecule has 0 radical (unpaired) electrons. The summed E-state index contributed by atoms with van der Waals surface area (Å²) in [4.78, 5) is 14.5. The summed E-state index contributed by atoms with van der Waals surface area (Å²) in [6.45, 7) is 5.39. The molecule has 0 aromatic heterocycles. The fraction of sp³-hybridized carbons (Fsp3) is 0.611. The minimum Gasteiger partial charge on any atom is -0.465 e. The number of nitrogens with zero attached hydrogens (tertiary/aromatic N) is 1. The zero-order valence-corrected chi connectivity index (χ0v) is 15.0. The first-order valence-corrected chi connectivity index (χ1v) is 8.32. The zero-order chi connectivity index (χ0) is 15.8. The minimum absolute atomic E-state index is 0. The Labute approximate surface area is 146 Å².